The smallest absolute Gasteiger partial charge is 0.270 e. The molecule has 178 valence electrons. The molecule has 2 amide bonds. The van der Waals surface area contributed by atoms with E-state index in [2.05, 4.69) is 27.5 Å². The first-order chi connectivity index (χ1) is 16.1. The van der Waals surface area contributed by atoms with E-state index in [1.165, 1.54) is 11.0 Å². The number of fused-ring (bicyclic) bond motifs is 1. The second kappa shape index (κ2) is 9.29. The van der Waals surface area contributed by atoms with Gasteiger partial charge in [-0.25, -0.2) is 9.37 Å². The molecule has 0 unspecified atom stereocenters. The van der Waals surface area contributed by atoms with E-state index in [-0.39, 0.29) is 37.2 Å². The van der Waals surface area contributed by atoms with Gasteiger partial charge in [-0.2, -0.15) is 0 Å². The molecule has 2 aliphatic rings. The van der Waals surface area contributed by atoms with Crippen molar-refractivity contribution in [2.75, 3.05) is 37.1 Å². The molecular weight excluding hydrogens is 443 g/mol. The van der Waals surface area contributed by atoms with Crippen LogP contribution in [-0.2, 0) is 9.53 Å². The van der Waals surface area contributed by atoms with Gasteiger partial charge < -0.3 is 30.1 Å². The first kappa shape index (κ1) is 23.5. The maximum absolute atomic E-state index is 14.0. The van der Waals surface area contributed by atoms with Crippen LogP contribution in [0, 0.1) is 17.7 Å². The van der Waals surface area contributed by atoms with E-state index in [4.69, 9.17) is 9.47 Å². The van der Waals surface area contributed by atoms with Crippen LogP contribution < -0.4 is 20.3 Å². The van der Waals surface area contributed by atoms with Crippen LogP contribution in [0.15, 0.2) is 30.5 Å². The molecule has 3 N–H and O–H groups in total. The Labute approximate surface area is 196 Å². The fraction of sp³-hybridized carbons (Fsp3) is 0.375. The van der Waals surface area contributed by atoms with Crippen LogP contribution in [0.4, 0.5) is 15.8 Å². The Hall–Kier alpha value is -3.68. The number of anilines is 2. The molecule has 1 aromatic carbocycles. The minimum Gasteiger partial charge on any atom is -0.489 e. The summed E-state index contributed by atoms with van der Waals surface area (Å²) in [6, 6.07) is 5.35. The highest BCUT2D eigenvalue weighted by Crippen LogP contribution is 2.31. The normalized spacial score (nSPS) is 18.6. The topological polar surface area (TPSA) is 113 Å². The SMILES string of the molecule is CC(C)Nc1cc(C(=O)N[C@H]2COc3ccc(C#CC4(O)COC4)cc3N(C)C2=O)ncc1F. The van der Waals surface area contributed by atoms with Gasteiger partial charge >= 0.3 is 0 Å². The van der Waals surface area contributed by atoms with Crippen molar-refractivity contribution in [3.8, 4) is 17.6 Å². The molecule has 10 heteroatoms. The minimum atomic E-state index is -1.15. The molecule has 34 heavy (non-hydrogen) atoms. The van der Waals surface area contributed by atoms with Gasteiger partial charge in [0.05, 0.1) is 30.8 Å². The Kier molecular flexibility index (Phi) is 6.41. The maximum Gasteiger partial charge on any atom is 0.270 e. The molecular formula is C24H25FN4O5. The van der Waals surface area contributed by atoms with E-state index in [0.29, 0.717) is 17.0 Å². The van der Waals surface area contributed by atoms with E-state index in [1.54, 1.807) is 25.2 Å². The van der Waals surface area contributed by atoms with Crippen LogP contribution in [0.25, 0.3) is 0 Å². The molecule has 3 heterocycles. The summed E-state index contributed by atoms with van der Waals surface area (Å²) >= 11 is 0. The third-order valence-corrected chi connectivity index (χ3v) is 5.31. The van der Waals surface area contributed by atoms with Crippen LogP contribution in [0.1, 0.15) is 29.9 Å². The van der Waals surface area contributed by atoms with Crippen molar-refractivity contribution in [2.45, 2.75) is 31.5 Å². The summed E-state index contributed by atoms with van der Waals surface area (Å²) in [5.41, 5.74) is 0.0330. The first-order valence-corrected chi connectivity index (χ1v) is 10.8. The number of benzene rings is 1. The summed E-state index contributed by atoms with van der Waals surface area (Å²) in [4.78, 5) is 31.1. The lowest BCUT2D eigenvalue weighted by molar-refractivity contribution is -0.140. The molecule has 2 aromatic rings. The van der Waals surface area contributed by atoms with Crippen molar-refractivity contribution in [3.05, 3.63) is 47.5 Å². The summed E-state index contributed by atoms with van der Waals surface area (Å²) in [6.07, 6.45) is 0.960. The Bertz CT molecular complexity index is 1190. The van der Waals surface area contributed by atoms with Gasteiger partial charge in [0.2, 0.25) is 0 Å². The average Bonchev–Trinajstić information content (AvgIpc) is 2.89. The third-order valence-electron chi connectivity index (χ3n) is 5.31. The van der Waals surface area contributed by atoms with Crippen LogP contribution in [0.3, 0.4) is 0 Å². The van der Waals surface area contributed by atoms with Gasteiger partial charge in [0.25, 0.3) is 11.8 Å². The number of hydrogen-bond donors (Lipinski definition) is 3. The number of likely N-dealkylation sites (N-methyl/N-ethyl adjacent to an activating group) is 1. The fourth-order valence-electron chi connectivity index (χ4n) is 3.45. The molecule has 2 aliphatic heterocycles. The number of nitrogens with one attached hydrogen (secondary N) is 2. The van der Waals surface area contributed by atoms with Gasteiger partial charge in [-0.15, -0.1) is 0 Å². The summed E-state index contributed by atoms with van der Waals surface area (Å²) in [7, 11) is 1.57. The van der Waals surface area contributed by atoms with Crippen molar-refractivity contribution >= 4 is 23.2 Å². The summed E-state index contributed by atoms with van der Waals surface area (Å²) < 4.78 is 24.7. The quantitative estimate of drug-likeness (QED) is 0.580. The van der Waals surface area contributed by atoms with Crippen molar-refractivity contribution < 1.29 is 28.6 Å². The van der Waals surface area contributed by atoms with E-state index in [1.807, 2.05) is 13.8 Å². The molecule has 0 saturated carbocycles. The molecule has 0 radical (unpaired) electrons. The van der Waals surface area contributed by atoms with Gasteiger partial charge in [0, 0.05) is 18.7 Å². The fourth-order valence-corrected chi connectivity index (χ4v) is 3.45. The van der Waals surface area contributed by atoms with Crippen molar-refractivity contribution in [1.29, 1.82) is 0 Å². The summed E-state index contributed by atoms with van der Waals surface area (Å²) in [6.45, 7) is 3.91. The van der Waals surface area contributed by atoms with E-state index in [0.717, 1.165) is 6.20 Å². The molecule has 1 aromatic heterocycles. The number of rotatable bonds is 4. The van der Waals surface area contributed by atoms with Gasteiger partial charge in [-0.1, -0.05) is 11.8 Å². The number of nitrogens with zero attached hydrogens (tertiary/aromatic N) is 2. The van der Waals surface area contributed by atoms with Gasteiger partial charge in [-0.3, -0.25) is 9.59 Å². The van der Waals surface area contributed by atoms with E-state index >= 15 is 0 Å². The molecule has 0 spiro atoms. The van der Waals surface area contributed by atoms with Crippen LogP contribution in [0.2, 0.25) is 0 Å². The second-order valence-electron chi connectivity index (χ2n) is 8.54. The van der Waals surface area contributed by atoms with E-state index in [9.17, 15) is 19.1 Å². The first-order valence-electron chi connectivity index (χ1n) is 10.8. The van der Waals surface area contributed by atoms with Crippen molar-refractivity contribution in [1.82, 2.24) is 10.3 Å². The van der Waals surface area contributed by atoms with Gasteiger partial charge in [0.15, 0.2) is 11.4 Å². The van der Waals surface area contributed by atoms with Gasteiger partial charge in [-0.05, 0) is 38.1 Å². The maximum atomic E-state index is 14.0. The predicted molar refractivity (Wildman–Crippen MR) is 122 cm³/mol. The van der Waals surface area contributed by atoms with Crippen LogP contribution in [-0.4, -0.2) is 66.5 Å². The molecule has 0 aliphatic carbocycles. The Morgan fingerprint density at radius 3 is 2.79 bits per heavy atom. The Balaban J connectivity index is 1.50. The lowest BCUT2D eigenvalue weighted by atomic mass is 10.0. The predicted octanol–water partition coefficient (Wildman–Crippen LogP) is 1.31. The number of carbonyl (C=O) groups excluding carboxylic acids is 2. The summed E-state index contributed by atoms with van der Waals surface area (Å²) in [5, 5.41) is 15.6. The molecule has 1 atom stereocenters. The number of halogens is 1. The number of carbonyl (C=O) groups is 2. The number of aromatic nitrogens is 1. The Morgan fingerprint density at radius 2 is 2.12 bits per heavy atom. The zero-order valence-corrected chi connectivity index (χ0v) is 19.0. The molecule has 4 rings (SSSR count). The molecule has 9 nitrogen and oxygen atoms in total. The molecule has 1 fully saturated rings. The molecule has 1 saturated heterocycles. The number of amides is 2. The monoisotopic (exact) mass is 468 g/mol. The van der Waals surface area contributed by atoms with E-state index < -0.39 is 29.3 Å². The van der Waals surface area contributed by atoms with Gasteiger partial charge in [0.1, 0.15) is 24.1 Å². The average molecular weight is 468 g/mol. The zero-order chi connectivity index (χ0) is 24.5. The van der Waals surface area contributed by atoms with Crippen molar-refractivity contribution in [3.63, 3.8) is 0 Å². The molecule has 0 bridgehead atoms. The lowest BCUT2D eigenvalue weighted by Crippen LogP contribution is -2.49. The number of ether oxygens (including phenoxy) is 2. The number of hydrogen-bond acceptors (Lipinski definition) is 7. The highest BCUT2D eigenvalue weighted by atomic mass is 19.1. The standard InChI is InChI=1S/C24H25FN4O5/c1-14(2)27-17-9-18(26-10-16(17)25)22(30)28-19-11-34-21-5-4-15(6-7-24(32)12-33-13-24)8-20(21)29(3)23(19)31/h4-5,8-10,14,19,32H,11-13H2,1-3H3,(H,26,27)(H,28,30)/t19-/m0/s1. The van der Waals surface area contributed by atoms with Crippen LogP contribution in [0.5, 0.6) is 5.75 Å². The number of aliphatic hydroxyl groups is 1. The highest BCUT2D eigenvalue weighted by Gasteiger charge is 2.34. The highest BCUT2D eigenvalue weighted by molar-refractivity contribution is 6.03. The lowest BCUT2D eigenvalue weighted by Gasteiger charge is -2.30. The van der Waals surface area contributed by atoms with Crippen molar-refractivity contribution in [2.24, 2.45) is 0 Å². The third kappa shape index (κ3) is 4.95. The minimum absolute atomic E-state index is 0.0303. The largest absolute Gasteiger partial charge is 0.489 e. The Morgan fingerprint density at radius 1 is 1.35 bits per heavy atom. The number of pyridine rings is 1. The second-order valence-corrected chi connectivity index (χ2v) is 8.54. The van der Waals surface area contributed by atoms with Crippen LogP contribution >= 0.6 is 0 Å². The summed E-state index contributed by atoms with van der Waals surface area (Å²) in [5.74, 6) is 4.51. The zero-order valence-electron chi connectivity index (χ0n) is 19.0.